The maximum atomic E-state index is 11.9. The summed E-state index contributed by atoms with van der Waals surface area (Å²) in [5.74, 6) is 0.450. The molecule has 0 aliphatic carbocycles. The SMILES string of the molecule is CO/C=C\Cc1c(Cl)nc(C)nc1N(C(=O)O)c1ccc(Cl)cc1Cl. The topological polar surface area (TPSA) is 75.6 Å². The van der Waals surface area contributed by atoms with E-state index in [1.165, 1.54) is 25.5 Å². The van der Waals surface area contributed by atoms with E-state index in [0.717, 1.165) is 4.90 Å². The minimum Gasteiger partial charge on any atom is -0.505 e. The van der Waals surface area contributed by atoms with E-state index < -0.39 is 6.09 Å². The Labute approximate surface area is 159 Å². The molecule has 1 aromatic carbocycles. The number of hydrogen-bond acceptors (Lipinski definition) is 4. The zero-order valence-electron chi connectivity index (χ0n) is 13.3. The fraction of sp³-hybridized carbons (Fsp3) is 0.188. The molecule has 25 heavy (non-hydrogen) atoms. The summed E-state index contributed by atoms with van der Waals surface area (Å²) in [6.45, 7) is 1.62. The lowest BCUT2D eigenvalue weighted by Crippen LogP contribution is -2.27. The van der Waals surface area contributed by atoms with Crippen molar-refractivity contribution in [1.82, 2.24) is 9.97 Å². The summed E-state index contributed by atoms with van der Waals surface area (Å²) in [5, 5.41) is 10.4. The number of carboxylic acid groups (broad SMARTS) is 1. The molecule has 0 atom stereocenters. The molecule has 0 bridgehead atoms. The van der Waals surface area contributed by atoms with Gasteiger partial charge >= 0.3 is 6.09 Å². The Morgan fingerprint density at radius 1 is 1.32 bits per heavy atom. The van der Waals surface area contributed by atoms with Crippen molar-refractivity contribution >= 4 is 52.4 Å². The first-order chi connectivity index (χ1) is 11.8. The van der Waals surface area contributed by atoms with Crippen LogP contribution in [-0.2, 0) is 11.2 Å². The average Bonchev–Trinajstić information content (AvgIpc) is 2.52. The van der Waals surface area contributed by atoms with Crippen LogP contribution in [0.4, 0.5) is 16.3 Å². The van der Waals surface area contributed by atoms with Crippen LogP contribution in [0.2, 0.25) is 15.2 Å². The molecule has 0 saturated heterocycles. The number of anilines is 2. The van der Waals surface area contributed by atoms with Gasteiger partial charge in [-0.05, 0) is 31.2 Å². The molecule has 2 aromatic rings. The van der Waals surface area contributed by atoms with Gasteiger partial charge in [0.1, 0.15) is 11.0 Å². The average molecular weight is 403 g/mol. The van der Waals surface area contributed by atoms with Crippen molar-refractivity contribution in [2.75, 3.05) is 12.0 Å². The second-order valence-electron chi connectivity index (χ2n) is 4.89. The minimum atomic E-state index is -1.27. The summed E-state index contributed by atoms with van der Waals surface area (Å²) in [5.41, 5.74) is 0.638. The molecule has 0 aliphatic rings. The van der Waals surface area contributed by atoms with Crippen molar-refractivity contribution in [3.63, 3.8) is 0 Å². The third kappa shape index (κ3) is 4.54. The van der Waals surface area contributed by atoms with E-state index in [0.29, 0.717) is 16.4 Å². The van der Waals surface area contributed by atoms with E-state index >= 15 is 0 Å². The molecular formula is C16H14Cl3N3O3. The number of amides is 1. The van der Waals surface area contributed by atoms with Gasteiger partial charge in [-0.1, -0.05) is 34.8 Å². The highest BCUT2D eigenvalue weighted by Crippen LogP contribution is 2.36. The highest BCUT2D eigenvalue weighted by atomic mass is 35.5. The lowest BCUT2D eigenvalue weighted by Gasteiger charge is -2.22. The number of nitrogens with zero attached hydrogens (tertiary/aromatic N) is 3. The molecule has 0 unspecified atom stereocenters. The molecular weight excluding hydrogens is 389 g/mol. The number of halogens is 3. The van der Waals surface area contributed by atoms with Crippen molar-refractivity contribution in [1.29, 1.82) is 0 Å². The van der Waals surface area contributed by atoms with E-state index in [1.54, 1.807) is 19.1 Å². The van der Waals surface area contributed by atoms with Crippen LogP contribution < -0.4 is 4.90 Å². The van der Waals surface area contributed by atoms with Gasteiger partial charge in [-0.3, -0.25) is 0 Å². The quantitative estimate of drug-likeness (QED) is 0.545. The third-order valence-electron chi connectivity index (χ3n) is 3.15. The van der Waals surface area contributed by atoms with Gasteiger partial charge in [0, 0.05) is 17.0 Å². The number of aromatic nitrogens is 2. The Hall–Kier alpha value is -2.02. The number of allylic oxidation sites excluding steroid dienone is 1. The summed E-state index contributed by atoms with van der Waals surface area (Å²) in [7, 11) is 1.50. The molecule has 0 saturated carbocycles. The molecule has 9 heteroatoms. The number of carbonyl (C=O) groups is 1. The molecule has 1 amide bonds. The molecule has 0 aliphatic heterocycles. The van der Waals surface area contributed by atoms with Crippen molar-refractivity contribution in [3.8, 4) is 0 Å². The van der Waals surface area contributed by atoms with Crippen LogP contribution >= 0.6 is 34.8 Å². The standard InChI is InChI=1S/C16H14Cl3N3O3/c1-9-20-14(19)11(4-3-7-25-2)15(21-9)22(16(23)24)13-6-5-10(17)8-12(13)18/h3,5-8H,4H2,1-2H3,(H,23,24)/b7-3-. The van der Waals surface area contributed by atoms with E-state index in [9.17, 15) is 9.90 Å². The number of benzene rings is 1. The van der Waals surface area contributed by atoms with Gasteiger partial charge in [-0.15, -0.1) is 0 Å². The number of rotatable bonds is 5. The van der Waals surface area contributed by atoms with Gasteiger partial charge in [-0.25, -0.2) is 19.7 Å². The van der Waals surface area contributed by atoms with Crippen LogP contribution in [0.3, 0.4) is 0 Å². The maximum absolute atomic E-state index is 11.9. The molecule has 0 fully saturated rings. The molecule has 6 nitrogen and oxygen atoms in total. The van der Waals surface area contributed by atoms with Crippen LogP contribution in [0.5, 0.6) is 0 Å². The molecule has 1 heterocycles. The third-order valence-corrected chi connectivity index (χ3v) is 4.01. The highest BCUT2D eigenvalue weighted by Gasteiger charge is 2.26. The van der Waals surface area contributed by atoms with Crippen LogP contribution in [0.1, 0.15) is 11.4 Å². The Bertz CT molecular complexity index is 828. The minimum absolute atomic E-state index is 0.120. The number of ether oxygens (including phenoxy) is 1. The van der Waals surface area contributed by atoms with Crippen molar-refractivity contribution in [2.45, 2.75) is 13.3 Å². The fourth-order valence-corrected chi connectivity index (χ4v) is 2.92. The largest absolute Gasteiger partial charge is 0.505 e. The number of hydrogen-bond donors (Lipinski definition) is 1. The monoisotopic (exact) mass is 401 g/mol. The highest BCUT2D eigenvalue weighted by molar-refractivity contribution is 6.37. The molecule has 132 valence electrons. The first-order valence-electron chi connectivity index (χ1n) is 7.04. The van der Waals surface area contributed by atoms with Crippen LogP contribution in [0.15, 0.2) is 30.5 Å². The zero-order valence-corrected chi connectivity index (χ0v) is 15.6. The fourth-order valence-electron chi connectivity index (χ4n) is 2.14. The van der Waals surface area contributed by atoms with Gasteiger partial charge in [0.05, 0.1) is 24.1 Å². The summed E-state index contributed by atoms with van der Waals surface area (Å²) in [6, 6.07) is 4.49. The molecule has 0 radical (unpaired) electrons. The predicted octanol–water partition coefficient (Wildman–Crippen LogP) is 5.26. The smallest absolute Gasteiger partial charge is 0.417 e. The first-order valence-corrected chi connectivity index (χ1v) is 8.17. The normalized spacial score (nSPS) is 10.9. The van der Waals surface area contributed by atoms with Gasteiger partial charge in [0.25, 0.3) is 0 Å². The molecule has 0 spiro atoms. The predicted molar refractivity (Wildman–Crippen MR) is 98.3 cm³/mol. The molecule has 1 aromatic heterocycles. The summed E-state index contributed by atoms with van der Waals surface area (Å²) in [4.78, 5) is 21.2. The van der Waals surface area contributed by atoms with Crippen molar-refractivity contribution in [3.05, 3.63) is 57.1 Å². The van der Waals surface area contributed by atoms with E-state index in [-0.39, 0.29) is 28.1 Å². The first kappa shape index (κ1) is 19.3. The molecule has 1 N–H and O–H groups in total. The van der Waals surface area contributed by atoms with Gasteiger partial charge < -0.3 is 9.84 Å². The Kier molecular flexibility index (Phi) is 6.47. The summed E-state index contributed by atoms with van der Waals surface area (Å²) >= 11 is 18.3. The summed E-state index contributed by atoms with van der Waals surface area (Å²) in [6.07, 6.45) is 2.14. The maximum Gasteiger partial charge on any atom is 0.417 e. The second-order valence-corrected chi connectivity index (χ2v) is 6.09. The van der Waals surface area contributed by atoms with E-state index in [1.807, 2.05) is 0 Å². The molecule has 2 rings (SSSR count). The van der Waals surface area contributed by atoms with Crippen molar-refractivity contribution in [2.24, 2.45) is 0 Å². The number of methoxy groups -OCH3 is 1. The van der Waals surface area contributed by atoms with Gasteiger partial charge in [0.2, 0.25) is 0 Å². The Morgan fingerprint density at radius 3 is 2.64 bits per heavy atom. The van der Waals surface area contributed by atoms with Crippen LogP contribution in [0.25, 0.3) is 0 Å². The van der Waals surface area contributed by atoms with Crippen LogP contribution in [0, 0.1) is 6.92 Å². The van der Waals surface area contributed by atoms with Gasteiger partial charge in [-0.2, -0.15) is 0 Å². The van der Waals surface area contributed by atoms with Crippen molar-refractivity contribution < 1.29 is 14.6 Å². The van der Waals surface area contributed by atoms with Gasteiger partial charge in [0.15, 0.2) is 5.82 Å². The lowest BCUT2D eigenvalue weighted by molar-refractivity contribution is 0.204. The van der Waals surface area contributed by atoms with E-state index in [2.05, 4.69) is 9.97 Å². The number of aryl methyl sites for hydroxylation is 1. The lowest BCUT2D eigenvalue weighted by atomic mass is 10.2. The van der Waals surface area contributed by atoms with Crippen LogP contribution in [-0.4, -0.2) is 28.3 Å². The second kappa shape index (κ2) is 8.38. The summed E-state index contributed by atoms with van der Waals surface area (Å²) < 4.78 is 4.86. The Morgan fingerprint density at radius 2 is 2.04 bits per heavy atom. The zero-order chi connectivity index (χ0) is 18.6. The van der Waals surface area contributed by atoms with E-state index in [4.69, 9.17) is 39.5 Å². The Balaban J connectivity index is 2.65.